The average molecular weight is 322 g/mol. The highest BCUT2D eigenvalue weighted by atomic mass is 79.9. The number of nitrogens with one attached hydrogen (secondary N) is 2. The summed E-state index contributed by atoms with van der Waals surface area (Å²) >= 11 is 3.44. The van der Waals surface area contributed by atoms with Crippen LogP contribution in [-0.4, -0.2) is 11.9 Å². The molecule has 0 bridgehead atoms. The van der Waals surface area contributed by atoms with E-state index in [1.807, 2.05) is 44.2 Å². The van der Waals surface area contributed by atoms with Crippen molar-refractivity contribution in [1.29, 1.82) is 5.26 Å². The highest BCUT2D eigenvalue weighted by molar-refractivity contribution is 9.10. The number of halogens is 1. The summed E-state index contributed by atoms with van der Waals surface area (Å²) in [5.41, 5.74) is 1.13. The van der Waals surface area contributed by atoms with Crippen LogP contribution in [-0.2, 0) is 11.3 Å². The molecule has 2 N–H and O–H groups in total. The summed E-state index contributed by atoms with van der Waals surface area (Å²) in [6, 6.07) is 9.66. The summed E-state index contributed by atoms with van der Waals surface area (Å²) in [5.74, 6) is -0.364. The first-order valence-corrected chi connectivity index (χ1v) is 6.71. The molecule has 0 heterocycles. The minimum absolute atomic E-state index is 0.00696. The van der Waals surface area contributed by atoms with Crippen molar-refractivity contribution in [1.82, 2.24) is 10.6 Å². The van der Waals surface area contributed by atoms with E-state index in [0.717, 1.165) is 10.0 Å². The molecule has 0 aliphatic rings. The summed E-state index contributed by atoms with van der Waals surface area (Å²) in [5, 5.41) is 14.6. The Bertz CT molecular complexity index is 518. The molecule has 0 aliphatic carbocycles. The Morgan fingerprint density at radius 2 is 2.16 bits per heavy atom. The molecule has 0 aromatic heterocycles. The maximum Gasteiger partial charge on any atom is 0.263 e. The van der Waals surface area contributed by atoms with Crippen LogP contribution in [0.25, 0.3) is 0 Å². The van der Waals surface area contributed by atoms with Crippen molar-refractivity contribution in [2.45, 2.75) is 26.4 Å². The molecular formula is C14H16BrN3O. The maximum absolute atomic E-state index is 11.6. The number of hydrogen-bond acceptors (Lipinski definition) is 3. The van der Waals surface area contributed by atoms with E-state index in [9.17, 15) is 4.79 Å². The van der Waals surface area contributed by atoms with E-state index in [-0.39, 0.29) is 17.5 Å². The minimum atomic E-state index is -0.364. The first-order chi connectivity index (χ1) is 9.04. The van der Waals surface area contributed by atoms with Crippen molar-refractivity contribution < 1.29 is 4.79 Å². The van der Waals surface area contributed by atoms with Gasteiger partial charge in [0.2, 0.25) is 0 Å². The number of carbonyl (C=O) groups is 1. The zero-order valence-electron chi connectivity index (χ0n) is 10.9. The third-order valence-electron chi connectivity index (χ3n) is 2.28. The second-order valence-corrected chi connectivity index (χ2v) is 5.12. The number of amides is 1. The molecule has 1 amide bonds. The molecule has 1 rings (SSSR count). The molecular weight excluding hydrogens is 306 g/mol. The van der Waals surface area contributed by atoms with Gasteiger partial charge in [-0.1, -0.05) is 34.1 Å². The van der Waals surface area contributed by atoms with Crippen LogP contribution in [0.1, 0.15) is 19.4 Å². The zero-order valence-corrected chi connectivity index (χ0v) is 12.5. The molecule has 0 radical (unpaired) electrons. The van der Waals surface area contributed by atoms with Crippen LogP contribution in [0, 0.1) is 11.3 Å². The fourth-order valence-corrected chi connectivity index (χ4v) is 1.82. The fourth-order valence-electron chi connectivity index (χ4n) is 1.39. The summed E-state index contributed by atoms with van der Waals surface area (Å²) in [4.78, 5) is 11.6. The van der Waals surface area contributed by atoms with Crippen molar-refractivity contribution in [2.75, 3.05) is 0 Å². The number of benzene rings is 1. The van der Waals surface area contributed by atoms with Gasteiger partial charge >= 0.3 is 0 Å². The van der Waals surface area contributed by atoms with E-state index in [0.29, 0.717) is 6.54 Å². The third-order valence-corrected chi connectivity index (χ3v) is 3.06. The van der Waals surface area contributed by atoms with Crippen molar-refractivity contribution in [3.8, 4) is 6.07 Å². The monoisotopic (exact) mass is 321 g/mol. The van der Waals surface area contributed by atoms with Crippen LogP contribution in [0.15, 0.2) is 40.5 Å². The normalized spacial score (nSPS) is 11.0. The molecule has 0 spiro atoms. The summed E-state index contributed by atoms with van der Waals surface area (Å²) in [7, 11) is 0. The van der Waals surface area contributed by atoms with Gasteiger partial charge in [-0.3, -0.25) is 4.79 Å². The van der Waals surface area contributed by atoms with E-state index in [2.05, 4.69) is 26.6 Å². The molecule has 0 atom stereocenters. The third kappa shape index (κ3) is 5.14. The first kappa shape index (κ1) is 15.3. The van der Waals surface area contributed by atoms with E-state index in [4.69, 9.17) is 5.26 Å². The highest BCUT2D eigenvalue weighted by Crippen LogP contribution is 2.15. The minimum Gasteiger partial charge on any atom is -0.386 e. The Kier molecular flexibility index (Phi) is 6.10. The predicted octanol–water partition coefficient (Wildman–Crippen LogP) is 2.47. The van der Waals surface area contributed by atoms with Crippen molar-refractivity contribution in [2.24, 2.45) is 0 Å². The van der Waals surface area contributed by atoms with Crippen molar-refractivity contribution in [3.63, 3.8) is 0 Å². The topological polar surface area (TPSA) is 64.9 Å². The predicted molar refractivity (Wildman–Crippen MR) is 78.0 cm³/mol. The molecule has 100 valence electrons. The molecule has 5 heteroatoms. The van der Waals surface area contributed by atoms with E-state index >= 15 is 0 Å². The van der Waals surface area contributed by atoms with Crippen molar-refractivity contribution in [3.05, 3.63) is 46.1 Å². The number of nitrogens with zero attached hydrogens (tertiary/aromatic N) is 1. The Labute approximate surface area is 121 Å². The second-order valence-electron chi connectivity index (χ2n) is 4.27. The highest BCUT2D eigenvalue weighted by Gasteiger charge is 2.09. The molecule has 0 unspecified atom stereocenters. The van der Waals surface area contributed by atoms with E-state index in [1.54, 1.807) is 0 Å². The summed E-state index contributed by atoms with van der Waals surface area (Å²) in [6.07, 6.45) is 1.44. The lowest BCUT2D eigenvalue weighted by Crippen LogP contribution is -2.31. The smallest absolute Gasteiger partial charge is 0.263 e. The maximum atomic E-state index is 11.6. The van der Waals surface area contributed by atoms with Crippen LogP contribution >= 0.6 is 15.9 Å². The quantitative estimate of drug-likeness (QED) is 0.646. The number of rotatable bonds is 5. The van der Waals surface area contributed by atoms with Gasteiger partial charge in [-0.15, -0.1) is 0 Å². The van der Waals surface area contributed by atoms with Gasteiger partial charge < -0.3 is 10.6 Å². The van der Waals surface area contributed by atoms with Gasteiger partial charge in [0.25, 0.3) is 5.91 Å². The SMILES string of the molecule is CC(C)NC(=O)/C(C#N)=C\NCc1ccccc1Br. The number of hydrogen-bond donors (Lipinski definition) is 2. The van der Waals surface area contributed by atoms with Gasteiger partial charge in [-0.05, 0) is 25.5 Å². The molecule has 0 fully saturated rings. The lowest BCUT2D eigenvalue weighted by Gasteiger charge is -2.08. The van der Waals surface area contributed by atoms with E-state index in [1.165, 1.54) is 6.20 Å². The van der Waals surface area contributed by atoms with Crippen LogP contribution in [0.3, 0.4) is 0 Å². The number of nitriles is 1. The van der Waals surface area contributed by atoms with Crippen molar-refractivity contribution >= 4 is 21.8 Å². The van der Waals surface area contributed by atoms with Gasteiger partial charge in [0.15, 0.2) is 0 Å². The Morgan fingerprint density at radius 3 is 2.74 bits per heavy atom. The summed E-state index contributed by atoms with van der Waals surface area (Å²) in [6.45, 7) is 4.24. The fraction of sp³-hybridized carbons (Fsp3) is 0.286. The van der Waals surface area contributed by atoms with Gasteiger partial charge in [-0.25, -0.2) is 0 Å². The standard InChI is InChI=1S/C14H16BrN3O/c1-10(2)18-14(19)12(7-16)9-17-8-11-5-3-4-6-13(11)15/h3-6,9-10,17H,8H2,1-2H3,(H,18,19)/b12-9-. The second kappa shape index (κ2) is 7.59. The van der Waals surface area contributed by atoms with Gasteiger partial charge in [-0.2, -0.15) is 5.26 Å². The van der Waals surface area contributed by atoms with Crippen LogP contribution < -0.4 is 10.6 Å². The molecule has 0 aliphatic heterocycles. The Hall–Kier alpha value is -1.80. The van der Waals surface area contributed by atoms with E-state index < -0.39 is 0 Å². The molecule has 0 saturated carbocycles. The van der Waals surface area contributed by atoms with Gasteiger partial charge in [0.05, 0.1) is 0 Å². The lowest BCUT2D eigenvalue weighted by atomic mass is 10.2. The summed E-state index contributed by atoms with van der Waals surface area (Å²) < 4.78 is 0.987. The first-order valence-electron chi connectivity index (χ1n) is 5.92. The molecule has 19 heavy (non-hydrogen) atoms. The molecule has 1 aromatic rings. The zero-order chi connectivity index (χ0) is 14.3. The molecule has 4 nitrogen and oxygen atoms in total. The Balaban J connectivity index is 2.62. The number of carbonyl (C=O) groups excluding carboxylic acids is 1. The van der Waals surface area contributed by atoms with Gasteiger partial charge in [0, 0.05) is 23.3 Å². The average Bonchev–Trinajstić information content (AvgIpc) is 2.35. The van der Waals surface area contributed by atoms with Crippen LogP contribution in [0.5, 0.6) is 0 Å². The van der Waals surface area contributed by atoms with Crippen LogP contribution in [0.2, 0.25) is 0 Å². The molecule has 1 aromatic carbocycles. The molecule has 0 saturated heterocycles. The largest absolute Gasteiger partial charge is 0.386 e. The lowest BCUT2D eigenvalue weighted by molar-refractivity contribution is -0.117. The van der Waals surface area contributed by atoms with Crippen LogP contribution in [0.4, 0.5) is 0 Å². The van der Waals surface area contributed by atoms with Gasteiger partial charge in [0.1, 0.15) is 11.6 Å². The Morgan fingerprint density at radius 1 is 1.47 bits per heavy atom.